The molecule has 1 heterocycles. The van der Waals surface area contributed by atoms with Crippen LogP contribution in [0, 0.1) is 12.7 Å². The zero-order valence-electron chi connectivity index (χ0n) is 11.8. The van der Waals surface area contributed by atoms with Gasteiger partial charge in [0.05, 0.1) is 12.6 Å². The topological polar surface area (TPSA) is 64.9 Å². The van der Waals surface area contributed by atoms with Gasteiger partial charge in [-0.3, -0.25) is 0 Å². The van der Waals surface area contributed by atoms with Crippen molar-refractivity contribution in [1.82, 2.24) is 25.5 Å². The Morgan fingerprint density at radius 3 is 3.00 bits per heavy atom. The molecule has 0 amide bonds. The van der Waals surface area contributed by atoms with Crippen molar-refractivity contribution >= 4 is 0 Å². The van der Waals surface area contributed by atoms with Gasteiger partial charge in [-0.1, -0.05) is 6.07 Å². The van der Waals surface area contributed by atoms with Gasteiger partial charge < -0.3 is 10.1 Å². The zero-order chi connectivity index (χ0) is 14.5. The maximum absolute atomic E-state index is 13.9. The average molecular weight is 279 g/mol. The summed E-state index contributed by atoms with van der Waals surface area (Å²) in [6.07, 6.45) is 0. The lowest BCUT2D eigenvalue weighted by Gasteiger charge is -2.13. The molecule has 7 heteroatoms. The van der Waals surface area contributed by atoms with Crippen molar-refractivity contribution in [2.75, 3.05) is 20.3 Å². The van der Waals surface area contributed by atoms with Crippen molar-refractivity contribution in [2.45, 2.75) is 19.9 Å². The molecule has 2 aromatic rings. The Balaban J connectivity index is 2.26. The first kappa shape index (κ1) is 14.5. The van der Waals surface area contributed by atoms with Gasteiger partial charge in [0.1, 0.15) is 11.5 Å². The number of rotatable bonds is 6. The van der Waals surface area contributed by atoms with Crippen LogP contribution in [0.1, 0.15) is 24.4 Å². The second-order valence-corrected chi connectivity index (χ2v) is 4.57. The molecule has 0 fully saturated rings. The van der Waals surface area contributed by atoms with E-state index in [0.717, 1.165) is 5.56 Å². The van der Waals surface area contributed by atoms with Crippen LogP contribution in [0.2, 0.25) is 0 Å². The molecule has 1 N–H and O–H groups in total. The van der Waals surface area contributed by atoms with Crippen LogP contribution in [-0.4, -0.2) is 40.5 Å². The first-order valence-electron chi connectivity index (χ1n) is 6.40. The van der Waals surface area contributed by atoms with E-state index in [1.54, 1.807) is 19.2 Å². The second kappa shape index (κ2) is 6.53. The largest absolute Gasteiger partial charge is 0.383 e. The van der Waals surface area contributed by atoms with Gasteiger partial charge in [-0.25, -0.2) is 4.39 Å². The minimum atomic E-state index is -0.353. The van der Waals surface area contributed by atoms with Crippen molar-refractivity contribution in [3.8, 4) is 5.69 Å². The maximum atomic E-state index is 13.9. The summed E-state index contributed by atoms with van der Waals surface area (Å²) in [6.45, 7) is 5.07. The Labute approximate surface area is 116 Å². The molecule has 1 atom stereocenters. The minimum Gasteiger partial charge on any atom is -0.383 e. The first-order valence-corrected chi connectivity index (χ1v) is 6.40. The van der Waals surface area contributed by atoms with Crippen LogP contribution in [-0.2, 0) is 4.74 Å². The monoisotopic (exact) mass is 279 g/mol. The molecule has 0 spiro atoms. The molecule has 0 bridgehead atoms. The van der Waals surface area contributed by atoms with Gasteiger partial charge in [-0.15, -0.1) is 5.10 Å². The van der Waals surface area contributed by atoms with E-state index in [2.05, 4.69) is 20.8 Å². The highest BCUT2D eigenvalue weighted by Crippen LogP contribution is 2.18. The Hall–Kier alpha value is -1.86. The van der Waals surface area contributed by atoms with Crippen LogP contribution >= 0.6 is 0 Å². The summed E-state index contributed by atoms with van der Waals surface area (Å²) in [4.78, 5) is 0. The zero-order valence-corrected chi connectivity index (χ0v) is 11.8. The molecule has 1 aromatic carbocycles. The average Bonchev–Trinajstić information content (AvgIpc) is 2.91. The van der Waals surface area contributed by atoms with E-state index < -0.39 is 0 Å². The normalized spacial score (nSPS) is 12.6. The van der Waals surface area contributed by atoms with Gasteiger partial charge >= 0.3 is 0 Å². The summed E-state index contributed by atoms with van der Waals surface area (Å²) < 4.78 is 20.3. The summed E-state index contributed by atoms with van der Waals surface area (Å²) in [5.41, 5.74) is 1.30. The van der Waals surface area contributed by atoms with Gasteiger partial charge in [0.2, 0.25) is 0 Å². The van der Waals surface area contributed by atoms with Crippen LogP contribution in [0.4, 0.5) is 4.39 Å². The highest BCUT2D eigenvalue weighted by atomic mass is 19.1. The molecular weight excluding hydrogens is 261 g/mol. The van der Waals surface area contributed by atoms with E-state index >= 15 is 0 Å². The van der Waals surface area contributed by atoms with Gasteiger partial charge in [-0.2, -0.15) is 4.68 Å². The lowest BCUT2D eigenvalue weighted by molar-refractivity contribution is 0.196. The maximum Gasteiger partial charge on any atom is 0.173 e. The fraction of sp³-hybridized carbons (Fsp3) is 0.462. The molecule has 6 nitrogen and oxygen atoms in total. The predicted octanol–water partition coefficient (Wildman–Crippen LogP) is 1.41. The van der Waals surface area contributed by atoms with Crippen molar-refractivity contribution < 1.29 is 9.13 Å². The number of nitrogens with zero attached hydrogens (tertiary/aromatic N) is 4. The summed E-state index contributed by atoms with van der Waals surface area (Å²) in [5.74, 6) is 0.207. The molecule has 1 aromatic heterocycles. The SMILES string of the molecule is COCCNC(C)c1nnnn1-c1cc(C)ccc1F. The standard InChI is InChI=1S/C13H18FN5O/c1-9-4-5-11(14)12(8-9)19-13(16-17-18-19)10(2)15-6-7-20-3/h4-5,8,10,15H,6-7H2,1-3H3. The third-order valence-corrected chi connectivity index (χ3v) is 2.97. The van der Waals surface area contributed by atoms with E-state index in [1.165, 1.54) is 10.7 Å². The molecule has 0 aliphatic carbocycles. The van der Waals surface area contributed by atoms with E-state index in [4.69, 9.17) is 4.74 Å². The van der Waals surface area contributed by atoms with Crippen molar-refractivity contribution in [1.29, 1.82) is 0 Å². The lowest BCUT2D eigenvalue weighted by Crippen LogP contribution is -2.25. The second-order valence-electron chi connectivity index (χ2n) is 4.57. The molecule has 0 radical (unpaired) electrons. The Morgan fingerprint density at radius 1 is 1.45 bits per heavy atom. The Bertz CT molecular complexity index is 572. The molecule has 0 aliphatic rings. The van der Waals surface area contributed by atoms with Crippen molar-refractivity contribution in [3.63, 3.8) is 0 Å². The summed E-state index contributed by atoms with van der Waals surface area (Å²) in [5, 5.41) is 14.7. The highest BCUT2D eigenvalue weighted by Gasteiger charge is 2.17. The van der Waals surface area contributed by atoms with Crippen LogP contribution in [0.15, 0.2) is 18.2 Å². The number of hydrogen-bond donors (Lipinski definition) is 1. The molecule has 2 rings (SSSR count). The molecule has 108 valence electrons. The van der Waals surface area contributed by atoms with Crippen molar-refractivity contribution in [2.24, 2.45) is 0 Å². The molecule has 0 saturated carbocycles. The first-order chi connectivity index (χ1) is 9.63. The van der Waals surface area contributed by atoms with E-state index in [-0.39, 0.29) is 11.9 Å². The summed E-state index contributed by atoms with van der Waals surface area (Å²) in [6, 6.07) is 4.74. The quantitative estimate of drug-likeness (QED) is 0.810. The number of tetrazole rings is 1. The molecule has 1 unspecified atom stereocenters. The van der Waals surface area contributed by atoms with Gasteiger partial charge in [0, 0.05) is 13.7 Å². The Morgan fingerprint density at radius 2 is 2.25 bits per heavy atom. The van der Waals surface area contributed by atoms with Crippen LogP contribution in [0.5, 0.6) is 0 Å². The third-order valence-electron chi connectivity index (χ3n) is 2.97. The molecule has 0 saturated heterocycles. The number of ether oxygens (including phenoxy) is 1. The third kappa shape index (κ3) is 3.17. The summed E-state index contributed by atoms with van der Waals surface area (Å²) in [7, 11) is 1.64. The number of benzene rings is 1. The number of halogens is 1. The molecular formula is C13H18FN5O. The van der Waals surface area contributed by atoms with E-state index in [0.29, 0.717) is 24.7 Å². The number of hydrogen-bond acceptors (Lipinski definition) is 5. The molecule has 20 heavy (non-hydrogen) atoms. The minimum absolute atomic E-state index is 0.111. The van der Waals surface area contributed by atoms with Crippen LogP contribution < -0.4 is 5.32 Å². The van der Waals surface area contributed by atoms with Gasteiger partial charge in [-0.05, 0) is 42.0 Å². The highest BCUT2D eigenvalue weighted by molar-refractivity contribution is 5.36. The van der Waals surface area contributed by atoms with Gasteiger partial charge in [0.15, 0.2) is 5.82 Å². The number of nitrogens with one attached hydrogen (secondary N) is 1. The number of aromatic nitrogens is 4. The molecule has 0 aliphatic heterocycles. The van der Waals surface area contributed by atoms with Gasteiger partial charge in [0.25, 0.3) is 0 Å². The fourth-order valence-electron chi connectivity index (χ4n) is 1.89. The van der Waals surface area contributed by atoms with E-state index in [1.807, 2.05) is 13.8 Å². The number of aryl methyl sites for hydroxylation is 1. The Kier molecular flexibility index (Phi) is 4.75. The predicted molar refractivity (Wildman–Crippen MR) is 72.1 cm³/mol. The smallest absolute Gasteiger partial charge is 0.173 e. The number of methoxy groups -OCH3 is 1. The van der Waals surface area contributed by atoms with Crippen molar-refractivity contribution in [3.05, 3.63) is 35.4 Å². The van der Waals surface area contributed by atoms with Crippen LogP contribution in [0.3, 0.4) is 0 Å². The van der Waals surface area contributed by atoms with E-state index in [9.17, 15) is 4.39 Å². The summed E-state index contributed by atoms with van der Waals surface area (Å²) >= 11 is 0. The fourth-order valence-corrected chi connectivity index (χ4v) is 1.89. The van der Waals surface area contributed by atoms with Crippen LogP contribution in [0.25, 0.3) is 5.69 Å². The lowest BCUT2D eigenvalue weighted by atomic mass is 10.2.